The van der Waals surface area contributed by atoms with E-state index in [0.29, 0.717) is 0 Å². The van der Waals surface area contributed by atoms with Crippen molar-refractivity contribution in [1.82, 2.24) is 0 Å². The standard InChI is InChI=1S/C25H17Br/c26-25-22-11-5-3-9-20(22)24(21-10-4-6-12-23(21)25)19-15-13-17-7-1-2-8-18(17)14-16-19/h1-13,15-16H,14H2. The molecule has 0 aliphatic heterocycles. The lowest BCUT2D eigenvalue weighted by Gasteiger charge is -2.14. The fourth-order valence-corrected chi connectivity index (χ4v) is 4.61. The minimum Gasteiger partial charge on any atom is -0.0722 e. The van der Waals surface area contributed by atoms with Gasteiger partial charge in [-0.1, -0.05) is 91.0 Å². The molecule has 0 aromatic heterocycles. The number of hydrogen-bond acceptors (Lipinski definition) is 0. The van der Waals surface area contributed by atoms with Crippen LogP contribution in [0.5, 0.6) is 0 Å². The van der Waals surface area contributed by atoms with Gasteiger partial charge in [0.2, 0.25) is 0 Å². The third kappa shape index (κ3) is 2.43. The molecule has 1 heteroatoms. The highest BCUT2D eigenvalue weighted by Gasteiger charge is 2.15. The molecule has 0 heterocycles. The van der Waals surface area contributed by atoms with Crippen molar-refractivity contribution in [2.24, 2.45) is 0 Å². The molecule has 1 aliphatic rings. The first-order chi connectivity index (χ1) is 12.8. The van der Waals surface area contributed by atoms with Gasteiger partial charge < -0.3 is 0 Å². The Balaban J connectivity index is 1.84. The first-order valence-electron chi connectivity index (χ1n) is 8.88. The van der Waals surface area contributed by atoms with E-state index in [-0.39, 0.29) is 0 Å². The highest BCUT2D eigenvalue weighted by atomic mass is 79.9. The molecule has 0 saturated heterocycles. The van der Waals surface area contributed by atoms with Crippen LogP contribution >= 0.6 is 15.9 Å². The van der Waals surface area contributed by atoms with Crippen LogP contribution < -0.4 is 0 Å². The smallest absolute Gasteiger partial charge is 0.0332 e. The van der Waals surface area contributed by atoms with Gasteiger partial charge in [-0.3, -0.25) is 0 Å². The molecule has 5 rings (SSSR count). The van der Waals surface area contributed by atoms with Gasteiger partial charge in [0.25, 0.3) is 0 Å². The zero-order valence-corrected chi connectivity index (χ0v) is 15.8. The summed E-state index contributed by atoms with van der Waals surface area (Å²) in [6.07, 6.45) is 7.84. The zero-order chi connectivity index (χ0) is 17.5. The number of hydrogen-bond donors (Lipinski definition) is 0. The molecule has 4 aromatic carbocycles. The lowest BCUT2D eigenvalue weighted by atomic mass is 9.91. The molecular formula is C25H17Br. The molecule has 0 radical (unpaired) electrons. The fraction of sp³-hybridized carbons (Fsp3) is 0.0400. The highest BCUT2D eigenvalue weighted by Crippen LogP contribution is 2.40. The average Bonchev–Trinajstić information content (AvgIpc) is 2.91. The molecule has 0 amide bonds. The quantitative estimate of drug-likeness (QED) is 0.294. The Morgan fingerprint density at radius 2 is 1.19 bits per heavy atom. The van der Waals surface area contributed by atoms with Crippen molar-refractivity contribution < 1.29 is 0 Å². The van der Waals surface area contributed by atoms with E-state index in [1.165, 1.54) is 48.3 Å². The number of benzene rings is 4. The van der Waals surface area contributed by atoms with Gasteiger partial charge in [-0.05, 0) is 66.2 Å². The van der Waals surface area contributed by atoms with Gasteiger partial charge in [0, 0.05) is 4.47 Å². The third-order valence-electron chi connectivity index (χ3n) is 5.19. The second-order valence-corrected chi connectivity index (χ2v) is 7.47. The van der Waals surface area contributed by atoms with Gasteiger partial charge in [0.05, 0.1) is 0 Å². The summed E-state index contributed by atoms with van der Waals surface area (Å²) in [6.45, 7) is 0. The molecule has 0 bridgehead atoms. The van der Waals surface area contributed by atoms with Gasteiger partial charge in [-0.15, -0.1) is 0 Å². The minimum atomic E-state index is 0.956. The SMILES string of the molecule is Brc1c2ccccc2c(C2=CCc3ccccc3C=C2)c2ccccc12. The molecule has 1 aliphatic carbocycles. The maximum absolute atomic E-state index is 3.84. The molecule has 4 aromatic rings. The van der Waals surface area contributed by atoms with Crippen LogP contribution in [0, 0.1) is 0 Å². The molecule has 0 spiro atoms. The van der Waals surface area contributed by atoms with E-state index in [4.69, 9.17) is 0 Å². The van der Waals surface area contributed by atoms with Crippen molar-refractivity contribution in [2.75, 3.05) is 0 Å². The lowest BCUT2D eigenvalue weighted by Crippen LogP contribution is -1.90. The predicted molar refractivity (Wildman–Crippen MR) is 116 cm³/mol. The molecular weight excluding hydrogens is 380 g/mol. The van der Waals surface area contributed by atoms with E-state index in [9.17, 15) is 0 Å². The Morgan fingerprint density at radius 3 is 1.88 bits per heavy atom. The second-order valence-electron chi connectivity index (χ2n) is 6.68. The van der Waals surface area contributed by atoms with Crippen molar-refractivity contribution in [3.8, 4) is 0 Å². The van der Waals surface area contributed by atoms with Crippen molar-refractivity contribution in [1.29, 1.82) is 0 Å². The van der Waals surface area contributed by atoms with Crippen LogP contribution in [0.15, 0.2) is 89.4 Å². The van der Waals surface area contributed by atoms with Gasteiger partial charge in [0.15, 0.2) is 0 Å². The molecule has 0 saturated carbocycles. The van der Waals surface area contributed by atoms with Crippen LogP contribution in [0.2, 0.25) is 0 Å². The highest BCUT2D eigenvalue weighted by molar-refractivity contribution is 9.10. The van der Waals surface area contributed by atoms with Crippen molar-refractivity contribution in [3.63, 3.8) is 0 Å². The van der Waals surface area contributed by atoms with E-state index >= 15 is 0 Å². The van der Waals surface area contributed by atoms with Crippen LogP contribution in [-0.2, 0) is 6.42 Å². The van der Waals surface area contributed by atoms with Gasteiger partial charge in [0.1, 0.15) is 0 Å². The fourth-order valence-electron chi connectivity index (χ4n) is 3.92. The Hall–Kier alpha value is -2.64. The Bertz CT molecular complexity index is 1150. The Morgan fingerprint density at radius 1 is 0.615 bits per heavy atom. The summed E-state index contributed by atoms with van der Waals surface area (Å²) in [4.78, 5) is 0. The minimum absolute atomic E-state index is 0.956. The number of allylic oxidation sites excluding steroid dienone is 3. The topological polar surface area (TPSA) is 0 Å². The van der Waals surface area contributed by atoms with Gasteiger partial charge >= 0.3 is 0 Å². The summed E-state index contributed by atoms with van der Waals surface area (Å²) in [5, 5.41) is 5.11. The molecule has 0 unspecified atom stereocenters. The van der Waals surface area contributed by atoms with Crippen LogP contribution in [0.25, 0.3) is 33.2 Å². The third-order valence-corrected chi connectivity index (χ3v) is 6.05. The monoisotopic (exact) mass is 396 g/mol. The molecule has 0 N–H and O–H groups in total. The van der Waals surface area contributed by atoms with E-state index in [1.807, 2.05) is 0 Å². The largest absolute Gasteiger partial charge is 0.0722 e. The molecule has 124 valence electrons. The summed E-state index contributed by atoms with van der Waals surface area (Å²) in [5.74, 6) is 0. The molecule has 26 heavy (non-hydrogen) atoms. The average molecular weight is 397 g/mol. The second kappa shape index (κ2) is 6.26. The Kier molecular flexibility index (Phi) is 3.76. The van der Waals surface area contributed by atoms with E-state index in [0.717, 1.165) is 6.42 Å². The first-order valence-corrected chi connectivity index (χ1v) is 9.68. The summed E-state index contributed by atoms with van der Waals surface area (Å²) in [5.41, 5.74) is 5.30. The normalized spacial score (nSPS) is 13.5. The van der Waals surface area contributed by atoms with E-state index in [1.54, 1.807) is 0 Å². The van der Waals surface area contributed by atoms with E-state index < -0.39 is 0 Å². The van der Waals surface area contributed by atoms with Crippen molar-refractivity contribution in [3.05, 3.63) is 106 Å². The Labute approximate surface area is 161 Å². The summed E-state index contributed by atoms with van der Waals surface area (Å²) < 4.78 is 1.17. The van der Waals surface area contributed by atoms with Crippen molar-refractivity contribution in [2.45, 2.75) is 6.42 Å². The van der Waals surface area contributed by atoms with Gasteiger partial charge in [-0.2, -0.15) is 0 Å². The van der Waals surface area contributed by atoms with Crippen LogP contribution in [0.1, 0.15) is 16.7 Å². The summed E-state index contributed by atoms with van der Waals surface area (Å²) in [7, 11) is 0. The van der Waals surface area contributed by atoms with E-state index in [2.05, 4.69) is 107 Å². The molecule has 0 nitrogen and oxygen atoms in total. The maximum Gasteiger partial charge on any atom is 0.0332 e. The van der Waals surface area contributed by atoms with Gasteiger partial charge in [-0.25, -0.2) is 0 Å². The first kappa shape index (κ1) is 15.6. The zero-order valence-electron chi connectivity index (χ0n) is 14.2. The molecule has 0 fully saturated rings. The number of rotatable bonds is 1. The maximum atomic E-state index is 3.84. The van der Waals surface area contributed by atoms with Crippen LogP contribution in [0.4, 0.5) is 0 Å². The predicted octanol–water partition coefficient (Wildman–Crippen LogP) is 7.41. The summed E-state index contributed by atoms with van der Waals surface area (Å²) in [6, 6.07) is 26.0. The van der Waals surface area contributed by atoms with Crippen LogP contribution in [0.3, 0.4) is 0 Å². The lowest BCUT2D eigenvalue weighted by molar-refractivity contribution is 1.27. The number of fused-ring (bicyclic) bond motifs is 3. The summed E-state index contributed by atoms with van der Waals surface area (Å²) >= 11 is 3.84. The van der Waals surface area contributed by atoms with Crippen LogP contribution in [-0.4, -0.2) is 0 Å². The molecule has 0 atom stereocenters. The van der Waals surface area contributed by atoms with Crippen molar-refractivity contribution >= 4 is 49.1 Å². The number of halogens is 1.